The summed E-state index contributed by atoms with van der Waals surface area (Å²) in [5.41, 5.74) is 0. The molecule has 1 N–H and O–H groups in total. The molecule has 5 nitrogen and oxygen atoms in total. The summed E-state index contributed by atoms with van der Waals surface area (Å²) in [5, 5.41) is 0. The average Bonchev–Trinajstić information content (AvgIpc) is 2.93. The summed E-state index contributed by atoms with van der Waals surface area (Å²) in [5.74, 6) is 1.21. The predicted molar refractivity (Wildman–Crippen MR) is 75.1 cm³/mol. The number of nitrogens with one attached hydrogen (secondary N) is 1. The van der Waals surface area contributed by atoms with Crippen molar-refractivity contribution in [3.8, 4) is 5.75 Å². The molecule has 1 heterocycles. The highest BCUT2D eigenvalue weighted by molar-refractivity contribution is 7.89. The molecule has 0 aliphatic heterocycles. The fourth-order valence-electron chi connectivity index (χ4n) is 1.78. The molecule has 0 bridgehead atoms. The van der Waals surface area contributed by atoms with Crippen molar-refractivity contribution in [3.05, 3.63) is 48.4 Å². The third-order valence-corrected chi connectivity index (χ3v) is 4.30. The first-order valence-corrected chi connectivity index (χ1v) is 7.80. The minimum absolute atomic E-state index is 0.194. The topological polar surface area (TPSA) is 68.5 Å². The molecule has 0 amide bonds. The van der Waals surface area contributed by atoms with Gasteiger partial charge in [0, 0.05) is 0 Å². The van der Waals surface area contributed by atoms with Gasteiger partial charge in [-0.3, -0.25) is 0 Å². The van der Waals surface area contributed by atoms with E-state index in [1.54, 1.807) is 31.2 Å². The molecule has 0 fully saturated rings. The quantitative estimate of drug-likeness (QED) is 0.889. The molecule has 1 unspecified atom stereocenters. The molecular weight excluding hydrogens is 278 g/mol. The number of benzene rings is 1. The highest BCUT2D eigenvalue weighted by Crippen LogP contribution is 2.19. The second kappa shape index (κ2) is 6.11. The highest BCUT2D eigenvalue weighted by atomic mass is 32.2. The van der Waals surface area contributed by atoms with Crippen molar-refractivity contribution in [2.75, 3.05) is 6.61 Å². The van der Waals surface area contributed by atoms with Crippen LogP contribution in [0.15, 0.2) is 52.0 Å². The third-order valence-electron chi connectivity index (χ3n) is 2.75. The maximum absolute atomic E-state index is 12.2. The van der Waals surface area contributed by atoms with Gasteiger partial charge >= 0.3 is 0 Å². The van der Waals surface area contributed by atoms with Crippen molar-refractivity contribution in [3.63, 3.8) is 0 Å². The van der Waals surface area contributed by atoms with E-state index in [4.69, 9.17) is 9.15 Å². The van der Waals surface area contributed by atoms with Crippen molar-refractivity contribution in [2.45, 2.75) is 24.8 Å². The van der Waals surface area contributed by atoms with E-state index in [0.29, 0.717) is 18.1 Å². The van der Waals surface area contributed by atoms with E-state index in [2.05, 4.69) is 4.72 Å². The van der Waals surface area contributed by atoms with Crippen LogP contribution in [0, 0.1) is 0 Å². The standard InChI is InChI=1S/C14H17NO4S/c1-3-18-12-6-8-13(9-7-12)20(16,17)15-11(2)14-5-4-10-19-14/h4-11,15H,3H2,1-2H3. The van der Waals surface area contributed by atoms with Gasteiger partial charge in [-0.1, -0.05) is 0 Å². The van der Waals surface area contributed by atoms with Gasteiger partial charge in [-0.2, -0.15) is 0 Å². The molecule has 1 aromatic carbocycles. The monoisotopic (exact) mass is 295 g/mol. The third kappa shape index (κ3) is 3.40. The average molecular weight is 295 g/mol. The molecule has 20 heavy (non-hydrogen) atoms. The molecule has 2 aromatic rings. The Labute approximate surface area is 118 Å². The molecule has 0 aliphatic rings. The summed E-state index contributed by atoms with van der Waals surface area (Å²) >= 11 is 0. The fraction of sp³-hybridized carbons (Fsp3) is 0.286. The van der Waals surface area contributed by atoms with Crippen molar-refractivity contribution >= 4 is 10.0 Å². The lowest BCUT2D eigenvalue weighted by Crippen LogP contribution is -2.26. The molecular formula is C14H17NO4S. The number of rotatable bonds is 6. The summed E-state index contributed by atoms with van der Waals surface area (Å²) in [6.45, 7) is 4.14. The Bertz CT molecular complexity index is 632. The molecule has 2 rings (SSSR count). The van der Waals surface area contributed by atoms with E-state index in [0.717, 1.165) is 0 Å². The minimum Gasteiger partial charge on any atom is -0.494 e. The summed E-state index contributed by atoms with van der Waals surface area (Å²) < 4.78 is 37.5. The highest BCUT2D eigenvalue weighted by Gasteiger charge is 2.19. The summed E-state index contributed by atoms with van der Waals surface area (Å²) in [4.78, 5) is 0.194. The zero-order chi connectivity index (χ0) is 14.6. The van der Waals surface area contributed by atoms with Gasteiger partial charge in [-0.15, -0.1) is 0 Å². The Kier molecular flexibility index (Phi) is 4.46. The van der Waals surface area contributed by atoms with E-state index in [9.17, 15) is 8.42 Å². The molecule has 0 aliphatic carbocycles. The molecule has 1 atom stereocenters. The normalized spacial score (nSPS) is 13.1. The van der Waals surface area contributed by atoms with E-state index in [-0.39, 0.29) is 4.90 Å². The van der Waals surface area contributed by atoms with Gasteiger partial charge in [0.2, 0.25) is 10.0 Å². The predicted octanol–water partition coefficient (Wildman–Crippen LogP) is 2.72. The van der Waals surface area contributed by atoms with Crippen LogP contribution in [0.5, 0.6) is 5.75 Å². The zero-order valence-electron chi connectivity index (χ0n) is 11.4. The lowest BCUT2D eigenvalue weighted by atomic mass is 10.3. The van der Waals surface area contributed by atoms with Crippen LogP contribution in [0.2, 0.25) is 0 Å². The van der Waals surface area contributed by atoms with Gasteiger partial charge in [0.15, 0.2) is 0 Å². The Morgan fingerprint density at radius 3 is 2.50 bits per heavy atom. The number of hydrogen-bond donors (Lipinski definition) is 1. The second-order valence-electron chi connectivity index (χ2n) is 4.26. The summed E-state index contributed by atoms with van der Waals surface area (Å²) in [6, 6.07) is 9.32. The minimum atomic E-state index is -3.58. The van der Waals surface area contributed by atoms with Gasteiger partial charge in [0.1, 0.15) is 11.5 Å². The first-order valence-electron chi connectivity index (χ1n) is 6.31. The maximum atomic E-state index is 12.2. The van der Waals surface area contributed by atoms with Gasteiger partial charge in [0.05, 0.1) is 23.8 Å². The number of ether oxygens (including phenoxy) is 1. The number of hydrogen-bond acceptors (Lipinski definition) is 4. The second-order valence-corrected chi connectivity index (χ2v) is 5.98. The van der Waals surface area contributed by atoms with Gasteiger partial charge in [0.25, 0.3) is 0 Å². The molecule has 0 spiro atoms. The lowest BCUT2D eigenvalue weighted by molar-refractivity contribution is 0.340. The Hall–Kier alpha value is -1.79. The molecule has 6 heteroatoms. The Morgan fingerprint density at radius 2 is 1.95 bits per heavy atom. The van der Waals surface area contributed by atoms with Crippen molar-refractivity contribution < 1.29 is 17.6 Å². The van der Waals surface area contributed by atoms with Crippen LogP contribution in [0.4, 0.5) is 0 Å². The summed E-state index contributed by atoms with van der Waals surface area (Å²) in [7, 11) is -3.58. The number of sulfonamides is 1. The van der Waals surface area contributed by atoms with Crippen molar-refractivity contribution in [1.82, 2.24) is 4.72 Å². The molecule has 0 saturated heterocycles. The van der Waals surface area contributed by atoms with Crippen molar-refractivity contribution in [2.24, 2.45) is 0 Å². The van der Waals surface area contributed by atoms with Crippen LogP contribution in [0.1, 0.15) is 25.6 Å². The van der Waals surface area contributed by atoms with Crippen LogP contribution in [0.25, 0.3) is 0 Å². The van der Waals surface area contributed by atoms with E-state index < -0.39 is 16.1 Å². The van der Waals surface area contributed by atoms with Crippen LogP contribution < -0.4 is 9.46 Å². The Balaban J connectivity index is 2.13. The van der Waals surface area contributed by atoms with Crippen LogP contribution in [-0.2, 0) is 10.0 Å². The molecule has 1 aromatic heterocycles. The van der Waals surface area contributed by atoms with E-state index in [1.165, 1.54) is 18.4 Å². The van der Waals surface area contributed by atoms with E-state index in [1.807, 2.05) is 6.92 Å². The maximum Gasteiger partial charge on any atom is 0.241 e. The largest absolute Gasteiger partial charge is 0.494 e. The first-order chi connectivity index (χ1) is 9.53. The summed E-state index contributed by atoms with van der Waals surface area (Å²) in [6.07, 6.45) is 1.51. The zero-order valence-corrected chi connectivity index (χ0v) is 12.2. The van der Waals surface area contributed by atoms with Crippen LogP contribution >= 0.6 is 0 Å². The van der Waals surface area contributed by atoms with Crippen LogP contribution in [0.3, 0.4) is 0 Å². The fourth-order valence-corrected chi connectivity index (χ4v) is 2.99. The SMILES string of the molecule is CCOc1ccc(S(=O)(=O)NC(C)c2ccco2)cc1. The smallest absolute Gasteiger partial charge is 0.241 e. The van der Waals surface area contributed by atoms with Gasteiger partial charge < -0.3 is 9.15 Å². The first kappa shape index (κ1) is 14.6. The van der Waals surface area contributed by atoms with Crippen LogP contribution in [-0.4, -0.2) is 15.0 Å². The molecule has 0 saturated carbocycles. The molecule has 108 valence electrons. The molecule has 0 radical (unpaired) electrons. The van der Waals surface area contributed by atoms with Gasteiger partial charge in [-0.25, -0.2) is 13.1 Å². The number of furan rings is 1. The van der Waals surface area contributed by atoms with E-state index >= 15 is 0 Å². The van der Waals surface area contributed by atoms with Gasteiger partial charge in [-0.05, 0) is 50.2 Å². The lowest BCUT2D eigenvalue weighted by Gasteiger charge is -2.12. The Morgan fingerprint density at radius 1 is 1.25 bits per heavy atom. The van der Waals surface area contributed by atoms with Crippen molar-refractivity contribution in [1.29, 1.82) is 0 Å².